The Morgan fingerprint density at radius 1 is 1.13 bits per heavy atom. The number of carbonyl (C=O) groups excluding carboxylic acids is 2. The summed E-state index contributed by atoms with van der Waals surface area (Å²) in [6, 6.07) is 12.8. The average molecular weight is 311 g/mol. The van der Waals surface area contributed by atoms with Crippen LogP contribution in [0.25, 0.3) is 0 Å². The summed E-state index contributed by atoms with van der Waals surface area (Å²) in [5.41, 5.74) is 1.92. The first-order valence-electron chi connectivity index (χ1n) is 7.55. The van der Waals surface area contributed by atoms with Gasteiger partial charge in [0.15, 0.2) is 0 Å². The van der Waals surface area contributed by atoms with E-state index in [4.69, 9.17) is 0 Å². The summed E-state index contributed by atoms with van der Waals surface area (Å²) >= 11 is 0. The van der Waals surface area contributed by atoms with Gasteiger partial charge in [0.2, 0.25) is 11.8 Å². The molecule has 2 rings (SSSR count). The lowest BCUT2D eigenvalue weighted by molar-refractivity contribution is -0.139. The zero-order valence-electron chi connectivity index (χ0n) is 13.4. The fourth-order valence-electron chi connectivity index (χ4n) is 2.28. The first kappa shape index (κ1) is 16.7. The molecule has 2 amide bonds. The van der Waals surface area contributed by atoms with Crippen molar-refractivity contribution in [2.75, 3.05) is 0 Å². The van der Waals surface area contributed by atoms with E-state index in [1.807, 2.05) is 42.5 Å². The molecular weight excluding hydrogens is 290 g/mol. The van der Waals surface area contributed by atoms with Gasteiger partial charge < -0.3 is 10.2 Å². The molecule has 2 aromatic rings. The van der Waals surface area contributed by atoms with E-state index in [1.165, 1.54) is 6.92 Å². The molecule has 1 atom stereocenters. The second kappa shape index (κ2) is 8.08. The number of nitrogens with one attached hydrogen (secondary N) is 1. The summed E-state index contributed by atoms with van der Waals surface area (Å²) in [7, 11) is 0. The number of carbonyl (C=O) groups is 2. The van der Waals surface area contributed by atoms with Crippen molar-refractivity contribution in [3.63, 3.8) is 0 Å². The van der Waals surface area contributed by atoms with E-state index in [0.29, 0.717) is 13.1 Å². The Balaban J connectivity index is 1.98. The molecule has 0 saturated heterocycles. The third kappa shape index (κ3) is 4.92. The molecule has 0 saturated carbocycles. The van der Waals surface area contributed by atoms with Crippen LogP contribution in [0.2, 0.25) is 0 Å². The van der Waals surface area contributed by atoms with E-state index in [-0.39, 0.29) is 11.8 Å². The number of benzene rings is 1. The fraction of sp³-hybridized carbons (Fsp3) is 0.278. The highest BCUT2D eigenvalue weighted by molar-refractivity contribution is 5.86. The van der Waals surface area contributed by atoms with E-state index < -0.39 is 6.04 Å². The first-order valence-corrected chi connectivity index (χ1v) is 7.55. The largest absolute Gasteiger partial charge is 0.350 e. The van der Waals surface area contributed by atoms with Crippen molar-refractivity contribution in [1.29, 1.82) is 0 Å². The number of aromatic nitrogens is 1. The van der Waals surface area contributed by atoms with Gasteiger partial charge in [-0.1, -0.05) is 36.4 Å². The Labute approximate surface area is 136 Å². The molecule has 0 aliphatic heterocycles. The molecule has 23 heavy (non-hydrogen) atoms. The number of amides is 2. The van der Waals surface area contributed by atoms with Crippen LogP contribution < -0.4 is 5.32 Å². The minimum absolute atomic E-state index is 0.127. The molecule has 0 aliphatic carbocycles. The Morgan fingerprint density at radius 3 is 2.43 bits per heavy atom. The maximum Gasteiger partial charge on any atom is 0.242 e. The zero-order chi connectivity index (χ0) is 16.7. The molecule has 1 aromatic carbocycles. The van der Waals surface area contributed by atoms with E-state index in [1.54, 1.807) is 24.2 Å². The Kier molecular flexibility index (Phi) is 5.86. The molecule has 0 spiro atoms. The van der Waals surface area contributed by atoms with Crippen molar-refractivity contribution in [3.05, 3.63) is 66.0 Å². The van der Waals surface area contributed by atoms with Gasteiger partial charge in [0.25, 0.3) is 0 Å². The molecule has 1 unspecified atom stereocenters. The lowest BCUT2D eigenvalue weighted by Gasteiger charge is -2.27. The van der Waals surface area contributed by atoms with Crippen LogP contribution >= 0.6 is 0 Å². The lowest BCUT2D eigenvalue weighted by atomic mass is 10.1. The average Bonchev–Trinajstić information content (AvgIpc) is 2.58. The third-order valence-electron chi connectivity index (χ3n) is 3.64. The number of hydrogen-bond acceptors (Lipinski definition) is 3. The summed E-state index contributed by atoms with van der Waals surface area (Å²) in [5.74, 6) is -0.308. The van der Waals surface area contributed by atoms with Gasteiger partial charge in [-0.2, -0.15) is 0 Å². The van der Waals surface area contributed by atoms with Crippen LogP contribution in [0.5, 0.6) is 0 Å². The third-order valence-corrected chi connectivity index (χ3v) is 3.64. The normalized spacial score (nSPS) is 11.6. The van der Waals surface area contributed by atoms with Crippen molar-refractivity contribution in [2.45, 2.75) is 33.0 Å². The van der Waals surface area contributed by atoms with Crippen molar-refractivity contribution in [2.24, 2.45) is 0 Å². The van der Waals surface area contributed by atoms with E-state index in [0.717, 1.165) is 11.1 Å². The minimum atomic E-state index is -0.538. The van der Waals surface area contributed by atoms with Gasteiger partial charge in [0.1, 0.15) is 6.04 Å². The molecular formula is C18H21N3O2. The number of pyridine rings is 1. The number of rotatable bonds is 6. The maximum absolute atomic E-state index is 12.3. The molecule has 1 N–H and O–H groups in total. The highest BCUT2D eigenvalue weighted by Crippen LogP contribution is 2.09. The van der Waals surface area contributed by atoms with Crippen LogP contribution in [0.3, 0.4) is 0 Å². The van der Waals surface area contributed by atoms with Crippen LogP contribution in [0.4, 0.5) is 0 Å². The van der Waals surface area contributed by atoms with Gasteiger partial charge >= 0.3 is 0 Å². The molecule has 0 fully saturated rings. The van der Waals surface area contributed by atoms with Gasteiger partial charge in [0.05, 0.1) is 0 Å². The van der Waals surface area contributed by atoms with Crippen LogP contribution in [0, 0.1) is 0 Å². The zero-order valence-corrected chi connectivity index (χ0v) is 13.4. The summed E-state index contributed by atoms with van der Waals surface area (Å²) in [4.78, 5) is 29.8. The van der Waals surface area contributed by atoms with E-state index in [9.17, 15) is 9.59 Å². The predicted octanol–water partition coefficient (Wildman–Crippen LogP) is 2.13. The van der Waals surface area contributed by atoms with Gasteiger partial charge in [-0.3, -0.25) is 14.6 Å². The molecule has 1 aromatic heterocycles. The first-order chi connectivity index (χ1) is 11.1. The van der Waals surface area contributed by atoms with Crippen LogP contribution in [-0.2, 0) is 22.7 Å². The van der Waals surface area contributed by atoms with E-state index in [2.05, 4.69) is 10.3 Å². The van der Waals surface area contributed by atoms with Gasteiger partial charge in [-0.25, -0.2) is 0 Å². The summed E-state index contributed by atoms with van der Waals surface area (Å²) < 4.78 is 0. The standard InChI is InChI=1S/C18H21N3O2/c1-14(18(23)20-12-17-9-6-10-19-11-17)21(15(2)22)13-16-7-4-3-5-8-16/h3-11,14H,12-13H2,1-2H3,(H,20,23). The number of nitrogens with zero attached hydrogens (tertiary/aromatic N) is 2. The van der Waals surface area contributed by atoms with Crippen molar-refractivity contribution in [1.82, 2.24) is 15.2 Å². The molecule has 5 heteroatoms. The summed E-state index contributed by atoms with van der Waals surface area (Å²) in [5, 5.41) is 2.85. The highest BCUT2D eigenvalue weighted by atomic mass is 16.2. The predicted molar refractivity (Wildman–Crippen MR) is 88.2 cm³/mol. The van der Waals surface area contributed by atoms with Crippen LogP contribution in [0.1, 0.15) is 25.0 Å². The van der Waals surface area contributed by atoms with Crippen LogP contribution in [-0.4, -0.2) is 27.7 Å². The molecule has 0 aliphatic rings. The molecule has 120 valence electrons. The summed E-state index contributed by atoms with van der Waals surface area (Å²) in [6.07, 6.45) is 3.39. The quantitative estimate of drug-likeness (QED) is 0.889. The molecule has 0 radical (unpaired) electrons. The Morgan fingerprint density at radius 2 is 1.83 bits per heavy atom. The Bertz CT molecular complexity index is 644. The number of hydrogen-bond donors (Lipinski definition) is 1. The van der Waals surface area contributed by atoms with Gasteiger partial charge in [-0.05, 0) is 24.1 Å². The molecule has 1 heterocycles. The minimum Gasteiger partial charge on any atom is -0.350 e. The highest BCUT2D eigenvalue weighted by Gasteiger charge is 2.23. The van der Waals surface area contributed by atoms with Gasteiger partial charge in [-0.15, -0.1) is 0 Å². The second-order valence-corrected chi connectivity index (χ2v) is 5.39. The Hall–Kier alpha value is -2.69. The monoisotopic (exact) mass is 311 g/mol. The SMILES string of the molecule is CC(=O)N(Cc1ccccc1)C(C)C(=O)NCc1cccnc1. The molecule has 5 nitrogen and oxygen atoms in total. The van der Waals surface area contributed by atoms with Crippen LogP contribution in [0.15, 0.2) is 54.9 Å². The topological polar surface area (TPSA) is 62.3 Å². The van der Waals surface area contributed by atoms with Crippen molar-refractivity contribution >= 4 is 11.8 Å². The fourth-order valence-corrected chi connectivity index (χ4v) is 2.28. The molecule has 0 bridgehead atoms. The van der Waals surface area contributed by atoms with E-state index >= 15 is 0 Å². The van der Waals surface area contributed by atoms with Gasteiger partial charge in [0, 0.05) is 32.4 Å². The second-order valence-electron chi connectivity index (χ2n) is 5.39. The maximum atomic E-state index is 12.3. The lowest BCUT2D eigenvalue weighted by Crippen LogP contribution is -2.46. The van der Waals surface area contributed by atoms with Crippen molar-refractivity contribution in [3.8, 4) is 0 Å². The van der Waals surface area contributed by atoms with Crippen molar-refractivity contribution < 1.29 is 9.59 Å². The smallest absolute Gasteiger partial charge is 0.242 e. The summed E-state index contributed by atoms with van der Waals surface area (Å²) in [6.45, 7) is 4.03.